The van der Waals surface area contributed by atoms with Crippen LogP contribution in [-0.2, 0) is 32.6 Å². The number of aryl methyl sites for hydroxylation is 2. The SMILES string of the molecule is Cc1cccc(CN(C(=O)CN(c2ccccc2C)S(C)(=O)=O)C(Cc2ccccc2)C(=O)NC2CCCCC2)c1. The molecule has 2 amide bonds. The van der Waals surface area contributed by atoms with E-state index in [0.29, 0.717) is 12.1 Å². The van der Waals surface area contributed by atoms with E-state index in [1.54, 1.807) is 17.0 Å². The molecule has 1 saturated carbocycles. The molecule has 1 N–H and O–H groups in total. The Balaban J connectivity index is 1.73. The van der Waals surface area contributed by atoms with Crippen LogP contribution in [0.5, 0.6) is 0 Å². The molecule has 0 spiro atoms. The average molecular weight is 576 g/mol. The highest BCUT2D eigenvalue weighted by atomic mass is 32.2. The van der Waals surface area contributed by atoms with Gasteiger partial charge in [0.2, 0.25) is 21.8 Å². The number of amides is 2. The van der Waals surface area contributed by atoms with Crippen LogP contribution in [-0.4, -0.2) is 50.0 Å². The van der Waals surface area contributed by atoms with Gasteiger partial charge in [0.15, 0.2) is 0 Å². The lowest BCUT2D eigenvalue weighted by molar-refractivity contribution is -0.140. The number of sulfonamides is 1. The summed E-state index contributed by atoms with van der Waals surface area (Å²) in [5.41, 5.74) is 4.04. The van der Waals surface area contributed by atoms with Gasteiger partial charge in [0, 0.05) is 19.0 Å². The first-order chi connectivity index (χ1) is 19.6. The van der Waals surface area contributed by atoms with Gasteiger partial charge in [-0.1, -0.05) is 97.6 Å². The van der Waals surface area contributed by atoms with E-state index in [4.69, 9.17) is 0 Å². The number of carbonyl (C=O) groups is 2. The van der Waals surface area contributed by atoms with E-state index >= 15 is 0 Å². The second kappa shape index (κ2) is 13.8. The van der Waals surface area contributed by atoms with Crippen LogP contribution in [0.3, 0.4) is 0 Å². The summed E-state index contributed by atoms with van der Waals surface area (Å²) >= 11 is 0. The fourth-order valence-electron chi connectivity index (χ4n) is 5.54. The lowest BCUT2D eigenvalue weighted by atomic mass is 9.94. The zero-order valence-electron chi connectivity index (χ0n) is 24.3. The molecule has 0 heterocycles. The van der Waals surface area contributed by atoms with Crippen molar-refractivity contribution in [3.8, 4) is 0 Å². The summed E-state index contributed by atoms with van der Waals surface area (Å²) in [4.78, 5) is 29.8. The number of carbonyl (C=O) groups excluding carboxylic acids is 2. The summed E-state index contributed by atoms with van der Waals surface area (Å²) in [6.45, 7) is 3.58. The number of nitrogens with zero attached hydrogens (tertiary/aromatic N) is 2. The zero-order valence-corrected chi connectivity index (χ0v) is 25.1. The van der Waals surface area contributed by atoms with Gasteiger partial charge in [-0.05, 0) is 49.4 Å². The van der Waals surface area contributed by atoms with Gasteiger partial charge in [-0.15, -0.1) is 0 Å². The van der Waals surface area contributed by atoms with Crippen molar-refractivity contribution in [1.29, 1.82) is 0 Å². The van der Waals surface area contributed by atoms with Crippen LogP contribution in [0, 0.1) is 13.8 Å². The second-order valence-corrected chi connectivity index (χ2v) is 13.0. The standard InChI is InChI=1S/C33H41N3O4S/c1-25-13-12-17-28(21-25)23-35(32(37)24-36(41(3,39)40)30-20-11-10-14-26(30)2)31(22-27-15-6-4-7-16-27)33(38)34-29-18-8-5-9-19-29/h4,6-7,10-17,20-21,29,31H,5,8-9,18-19,22-24H2,1-3H3,(H,34,38). The van der Waals surface area contributed by atoms with Crippen molar-refractivity contribution in [2.75, 3.05) is 17.1 Å². The molecular formula is C33H41N3O4S. The Labute approximate surface area is 244 Å². The number of para-hydroxylation sites is 1. The number of benzene rings is 3. The summed E-state index contributed by atoms with van der Waals surface area (Å²) < 4.78 is 27.1. The molecule has 1 aliphatic carbocycles. The molecule has 3 aromatic rings. The normalized spacial score (nSPS) is 14.7. The van der Waals surface area contributed by atoms with E-state index in [0.717, 1.165) is 64.9 Å². The van der Waals surface area contributed by atoms with E-state index in [2.05, 4.69) is 5.32 Å². The Morgan fingerprint density at radius 2 is 1.54 bits per heavy atom. The van der Waals surface area contributed by atoms with Gasteiger partial charge in [0.1, 0.15) is 12.6 Å². The topological polar surface area (TPSA) is 86.8 Å². The van der Waals surface area contributed by atoms with E-state index in [1.165, 1.54) is 0 Å². The fraction of sp³-hybridized carbons (Fsp3) is 0.394. The molecule has 1 atom stereocenters. The van der Waals surface area contributed by atoms with Gasteiger partial charge < -0.3 is 10.2 Å². The Kier molecular flexibility index (Phi) is 10.2. The van der Waals surface area contributed by atoms with Crippen molar-refractivity contribution in [2.45, 2.75) is 71.0 Å². The third-order valence-corrected chi connectivity index (χ3v) is 8.85. The average Bonchev–Trinajstić information content (AvgIpc) is 2.94. The molecule has 41 heavy (non-hydrogen) atoms. The molecule has 1 fully saturated rings. The molecular weight excluding hydrogens is 534 g/mol. The predicted molar refractivity (Wildman–Crippen MR) is 164 cm³/mol. The molecule has 0 saturated heterocycles. The predicted octanol–water partition coefficient (Wildman–Crippen LogP) is 5.16. The van der Waals surface area contributed by atoms with Crippen molar-refractivity contribution < 1.29 is 18.0 Å². The van der Waals surface area contributed by atoms with Gasteiger partial charge in [-0.3, -0.25) is 13.9 Å². The van der Waals surface area contributed by atoms with Gasteiger partial charge in [-0.2, -0.15) is 0 Å². The van der Waals surface area contributed by atoms with Gasteiger partial charge in [0.25, 0.3) is 0 Å². The number of nitrogens with one attached hydrogen (secondary N) is 1. The highest BCUT2D eigenvalue weighted by molar-refractivity contribution is 7.92. The first-order valence-corrected chi connectivity index (χ1v) is 16.2. The Morgan fingerprint density at radius 3 is 2.20 bits per heavy atom. The maximum Gasteiger partial charge on any atom is 0.244 e. The third-order valence-electron chi connectivity index (χ3n) is 7.72. The van der Waals surface area contributed by atoms with Crippen LogP contribution < -0.4 is 9.62 Å². The first kappa shape index (κ1) is 30.3. The maximum atomic E-state index is 14.2. The second-order valence-electron chi connectivity index (χ2n) is 11.1. The number of hydrogen-bond acceptors (Lipinski definition) is 4. The van der Waals surface area contributed by atoms with Gasteiger partial charge in [0.05, 0.1) is 11.9 Å². The largest absolute Gasteiger partial charge is 0.352 e. The number of hydrogen-bond donors (Lipinski definition) is 1. The molecule has 1 unspecified atom stereocenters. The van der Waals surface area contributed by atoms with Crippen LogP contribution >= 0.6 is 0 Å². The highest BCUT2D eigenvalue weighted by Gasteiger charge is 2.34. The van der Waals surface area contributed by atoms with E-state index < -0.39 is 28.5 Å². The molecule has 3 aromatic carbocycles. The van der Waals surface area contributed by atoms with Crippen LogP contribution in [0.1, 0.15) is 54.4 Å². The minimum atomic E-state index is -3.79. The zero-order chi connectivity index (χ0) is 29.4. The van der Waals surface area contributed by atoms with Crippen LogP contribution in [0.2, 0.25) is 0 Å². The molecule has 0 aromatic heterocycles. The van der Waals surface area contributed by atoms with E-state index in [9.17, 15) is 18.0 Å². The lowest BCUT2D eigenvalue weighted by Crippen LogP contribution is -2.55. The van der Waals surface area contributed by atoms with Crippen LogP contribution in [0.25, 0.3) is 0 Å². The van der Waals surface area contributed by atoms with Crippen molar-refractivity contribution in [1.82, 2.24) is 10.2 Å². The van der Waals surface area contributed by atoms with Crippen LogP contribution in [0.4, 0.5) is 5.69 Å². The monoisotopic (exact) mass is 575 g/mol. The quantitative estimate of drug-likeness (QED) is 0.342. The van der Waals surface area contributed by atoms with Crippen molar-refractivity contribution in [3.63, 3.8) is 0 Å². The highest BCUT2D eigenvalue weighted by Crippen LogP contribution is 2.24. The third kappa shape index (κ3) is 8.43. The fourth-order valence-corrected chi connectivity index (χ4v) is 6.45. The number of anilines is 1. The first-order valence-electron chi connectivity index (χ1n) is 14.3. The molecule has 8 heteroatoms. The maximum absolute atomic E-state index is 14.2. The van der Waals surface area contributed by atoms with E-state index in [1.807, 2.05) is 80.6 Å². The van der Waals surface area contributed by atoms with Gasteiger partial charge in [-0.25, -0.2) is 8.42 Å². The van der Waals surface area contributed by atoms with E-state index in [-0.39, 0.29) is 18.5 Å². The minimum Gasteiger partial charge on any atom is -0.352 e. The molecule has 4 rings (SSSR count). The molecule has 0 radical (unpaired) electrons. The van der Waals surface area contributed by atoms with Crippen molar-refractivity contribution in [2.24, 2.45) is 0 Å². The molecule has 0 bridgehead atoms. The van der Waals surface area contributed by atoms with Crippen molar-refractivity contribution in [3.05, 3.63) is 101 Å². The minimum absolute atomic E-state index is 0.0740. The Bertz CT molecular complexity index is 1440. The summed E-state index contributed by atoms with van der Waals surface area (Å²) in [5.74, 6) is -0.636. The lowest BCUT2D eigenvalue weighted by Gasteiger charge is -2.35. The van der Waals surface area contributed by atoms with Crippen LogP contribution in [0.15, 0.2) is 78.9 Å². The summed E-state index contributed by atoms with van der Waals surface area (Å²) in [6, 6.07) is 23.9. The number of rotatable bonds is 11. The Hall–Kier alpha value is -3.65. The summed E-state index contributed by atoms with van der Waals surface area (Å²) in [7, 11) is -3.79. The smallest absolute Gasteiger partial charge is 0.244 e. The Morgan fingerprint density at radius 1 is 0.878 bits per heavy atom. The van der Waals surface area contributed by atoms with Gasteiger partial charge >= 0.3 is 0 Å². The molecule has 218 valence electrons. The summed E-state index contributed by atoms with van der Waals surface area (Å²) in [6.07, 6.45) is 6.57. The molecule has 1 aliphatic rings. The molecule has 7 nitrogen and oxygen atoms in total. The molecule has 0 aliphatic heterocycles. The van der Waals surface area contributed by atoms with Crippen molar-refractivity contribution >= 4 is 27.5 Å². The summed E-state index contributed by atoms with van der Waals surface area (Å²) in [5, 5.41) is 3.23.